The molecule has 1 aliphatic rings. The van der Waals surface area contributed by atoms with Gasteiger partial charge in [0.15, 0.2) is 6.10 Å². The van der Waals surface area contributed by atoms with Crippen LogP contribution in [-0.2, 0) is 11.3 Å². The number of carbonyl (C=O) groups excluding carboxylic acids is 1. The van der Waals surface area contributed by atoms with Crippen molar-refractivity contribution in [1.29, 1.82) is 0 Å². The van der Waals surface area contributed by atoms with Gasteiger partial charge in [-0.2, -0.15) is 0 Å². The second kappa shape index (κ2) is 5.17. The normalized spacial score (nSPS) is 17.6. The Hall–Kier alpha value is -2.00. The smallest absolute Gasteiger partial charge is 0.268 e. The van der Waals surface area contributed by atoms with Crippen LogP contribution in [0.3, 0.4) is 0 Å². The Morgan fingerprint density at radius 2 is 1.85 bits per heavy atom. The fourth-order valence-electron chi connectivity index (χ4n) is 2.29. The van der Waals surface area contributed by atoms with Gasteiger partial charge in [0.1, 0.15) is 5.75 Å². The number of para-hydroxylation sites is 2. The molecule has 0 saturated heterocycles. The highest BCUT2D eigenvalue weighted by Gasteiger charge is 2.31. The average Bonchev–Trinajstić information content (AvgIpc) is 2.46. The van der Waals surface area contributed by atoms with Crippen LogP contribution < -0.4 is 9.64 Å². The van der Waals surface area contributed by atoms with E-state index in [9.17, 15) is 4.79 Å². The van der Waals surface area contributed by atoms with E-state index in [2.05, 4.69) is 0 Å². The fourth-order valence-corrected chi connectivity index (χ4v) is 2.42. The maximum atomic E-state index is 12.3. The van der Waals surface area contributed by atoms with Crippen molar-refractivity contribution in [2.75, 3.05) is 4.90 Å². The van der Waals surface area contributed by atoms with E-state index >= 15 is 0 Å². The van der Waals surface area contributed by atoms with E-state index in [0.29, 0.717) is 11.6 Å². The zero-order valence-electron chi connectivity index (χ0n) is 11.0. The van der Waals surface area contributed by atoms with Gasteiger partial charge in [-0.15, -0.1) is 0 Å². The summed E-state index contributed by atoms with van der Waals surface area (Å²) in [6.07, 6.45) is -0.461. The van der Waals surface area contributed by atoms with E-state index in [1.165, 1.54) is 0 Å². The molecule has 3 rings (SSSR count). The van der Waals surface area contributed by atoms with Crippen molar-refractivity contribution in [2.24, 2.45) is 0 Å². The summed E-state index contributed by atoms with van der Waals surface area (Å²) in [5.41, 5.74) is 1.84. The molecule has 0 fully saturated rings. The molecule has 0 radical (unpaired) electrons. The van der Waals surface area contributed by atoms with Crippen molar-refractivity contribution in [3.8, 4) is 5.75 Å². The SMILES string of the molecule is CC1Oc2ccccc2N(Cc2ccc(Cl)cc2)C1=O. The molecule has 1 heterocycles. The van der Waals surface area contributed by atoms with Crippen LogP contribution in [0.4, 0.5) is 5.69 Å². The number of nitrogens with zero attached hydrogens (tertiary/aromatic N) is 1. The van der Waals surface area contributed by atoms with Gasteiger partial charge in [0.05, 0.1) is 12.2 Å². The lowest BCUT2D eigenvalue weighted by Gasteiger charge is -2.33. The summed E-state index contributed by atoms with van der Waals surface area (Å²) in [6.45, 7) is 2.29. The summed E-state index contributed by atoms with van der Waals surface area (Å²) in [6, 6.07) is 15.1. The molecule has 0 spiro atoms. The lowest BCUT2D eigenvalue weighted by atomic mass is 10.1. The third-order valence-corrected chi connectivity index (χ3v) is 3.58. The zero-order chi connectivity index (χ0) is 14.1. The van der Waals surface area contributed by atoms with Crippen LogP contribution in [0.2, 0.25) is 5.02 Å². The maximum Gasteiger partial charge on any atom is 0.268 e. The molecule has 0 aliphatic carbocycles. The molecule has 0 saturated carbocycles. The van der Waals surface area contributed by atoms with Gasteiger partial charge < -0.3 is 9.64 Å². The number of rotatable bonds is 2. The fraction of sp³-hybridized carbons (Fsp3) is 0.188. The molecule has 20 heavy (non-hydrogen) atoms. The molecule has 0 bridgehead atoms. The highest BCUT2D eigenvalue weighted by Crippen LogP contribution is 2.34. The molecule has 2 aromatic carbocycles. The predicted molar refractivity (Wildman–Crippen MR) is 79.2 cm³/mol. The highest BCUT2D eigenvalue weighted by atomic mass is 35.5. The summed E-state index contributed by atoms with van der Waals surface area (Å²) in [7, 11) is 0. The van der Waals surface area contributed by atoms with E-state index in [-0.39, 0.29) is 5.91 Å². The molecule has 0 aromatic heterocycles. The van der Waals surface area contributed by atoms with Gasteiger partial charge >= 0.3 is 0 Å². The minimum absolute atomic E-state index is 0.0290. The third-order valence-electron chi connectivity index (χ3n) is 3.33. The third kappa shape index (κ3) is 2.37. The van der Waals surface area contributed by atoms with Crippen molar-refractivity contribution < 1.29 is 9.53 Å². The Balaban J connectivity index is 1.95. The largest absolute Gasteiger partial charge is 0.479 e. The Morgan fingerprint density at radius 1 is 1.15 bits per heavy atom. The number of anilines is 1. The maximum absolute atomic E-state index is 12.3. The minimum Gasteiger partial charge on any atom is -0.479 e. The van der Waals surface area contributed by atoms with E-state index in [0.717, 1.165) is 17.0 Å². The quantitative estimate of drug-likeness (QED) is 0.844. The number of hydrogen-bond acceptors (Lipinski definition) is 2. The van der Waals surface area contributed by atoms with Crippen molar-refractivity contribution in [3.63, 3.8) is 0 Å². The van der Waals surface area contributed by atoms with Gasteiger partial charge in [-0.05, 0) is 36.8 Å². The molecule has 102 valence electrons. The second-order valence-corrected chi connectivity index (χ2v) is 5.22. The number of ether oxygens (including phenoxy) is 1. The van der Waals surface area contributed by atoms with Gasteiger partial charge in [-0.1, -0.05) is 35.9 Å². The number of halogens is 1. The van der Waals surface area contributed by atoms with Gasteiger partial charge in [-0.25, -0.2) is 0 Å². The number of fused-ring (bicyclic) bond motifs is 1. The second-order valence-electron chi connectivity index (χ2n) is 4.78. The van der Waals surface area contributed by atoms with Gasteiger partial charge in [0.25, 0.3) is 5.91 Å². The average molecular weight is 288 g/mol. The zero-order valence-corrected chi connectivity index (χ0v) is 11.8. The number of hydrogen-bond donors (Lipinski definition) is 0. The standard InChI is InChI=1S/C16H14ClNO2/c1-11-16(19)18(10-12-6-8-13(17)9-7-12)14-4-2-3-5-15(14)20-11/h2-9,11H,10H2,1H3. The van der Waals surface area contributed by atoms with Crippen LogP contribution in [0.25, 0.3) is 0 Å². The lowest BCUT2D eigenvalue weighted by molar-refractivity contribution is -0.125. The molecule has 1 amide bonds. The van der Waals surface area contributed by atoms with Crippen LogP contribution in [0.5, 0.6) is 5.75 Å². The molecular formula is C16H14ClNO2. The van der Waals surface area contributed by atoms with E-state index in [1.54, 1.807) is 11.8 Å². The van der Waals surface area contributed by atoms with E-state index in [1.807, 2.05) is 48.5 Å². The summed E-state index contributed by atoms with van der Waals surface area (Å²) in [5, 5.41) is 0.691. The number of benzene rings is 2. The Morgan fingerprint density at radius 3 is 2.60 bits per heavy atom. The van der Waals surface area contributed by atoms with E-state index in [4.69, 9.17) is 16.3 Å². The van der Waals surface area contributed by atoms with Crippen molar-refractivity contribution in [2.45, 2.75) is 19.6 Å². The van der Waals surface area contributed by atoms with E-state index < -0.39 is 6.10 Å². The molecule has 2 aromatic rings. The first kappa shape index (κ1) is 13.0. The summed E-state index contributed by atoms with van der Waals surface area (Å²) < 4.78 is 5.62. The lowest BCUT2D eigenvalue weighted by Crippen LogP contribution is -2.43. The number of amides is 1. The molecule has 1 aliphatic heterocycles. The Kier molecular flexibility index (Phi) is 3.36. The Labute approximate surface area is 122 Å². The Bertz CT molecular complexity index is 639. The molecule has 0 N–H and O–H groups in total. The highest BCUT2D eigenvalue weighted by molar-refractivity contribution is 6.30. The van der Waals surface area contributed by atoms with Gasteiger partial charge in [-0.3, -0.25) is 4.79 Å². The first-order chi connectivity index (χ1) is 9.65. The van der Waals surface area contributed by atoms with Crippen LogP contribution in [0.1, 0.15) is 12.5 Å². The van der Waals surface area contributed by atoms with Crippen LogP contribution in [0.15, 0.2) is 48.5 Å². The first-order valence-corrected chi connectivity index (χ1v) is 6.84. The van der Waals surface area contributed by atoms with Crippen molar-refractivity contribution in [3.05, 3.63) is 59.1 Å². The van der Waals surface area contributed by atoms with Gasteiger partial charge in [0, 0.05) is 5.02 Å². The predicted octanol–water partition coefficient (Wildman–Crippen LogP) is 3.65. The molecule has 1 atom stereocenters. The van der Waals surface area contributed by atoms with Crippen LogP contribution in [-0.4, -0.2) is 12.0 Å². The molecule has 4 heteroatoms. The summed E-state index contributed by atoms with van der Waals surface area (Å²) >= 11 is 5.89. The number of carbonyl (C=O) groups is 1. The van der Waals surface area contributed by atoms with Crippen molar-refractivity contribution in [1.82, 2.24) is 0 Å². The first-order valence-electron chi connectivity index (χ1n) is 6.46. The minimum atomic E-state index is -0.461. The molecular weight excluding hydrogens is 274 g/mol. The van der Waals surface area contributed by atoms with Gasteiger partial charge in [0.2, 0.25) is 0 Å². The summed E-state index contributed by atoms with van der Waals surface area (Å²) in [4.78, 5) is 14.1. The van der Waals surface area contributed by atoms with Crippen LogP contribution in [0, 0.1) is 0 Å². The molecule has 1 unspecified atom stereocenters. The van der Waals surface area contributed by atoms with Crippen LogP contribution >= 0.6 is 11.6 Å². The summed E-state index contributed by atoms with van der Waals surface area (Å²) in [5.74, 6) is 0.715. The van der Waals surface area contributed by atoms with Crippen molar-refractivity contribution >= 4 is 23.2 Å². The topological polar surface area (TPSA) is 29.5 Å². The monoisotopic (exact) mass is 287 g/mol. The molecule has 3 nitrogen and oxygen atoms in total.